The minimum atomic E-state index is 0.748. The Morgan fingerprint density at radius 2 is 2.12 bits per heavy atom. The molecule has 0 aliphatic carbocycles. The molecule has 86 valence electrons. The number of nitrogens with zero attached hydrogens (tertiary/aromatic N) is 3. The normalized spacial score (nSPS) is 10.8. The first-order valence-corrected chi connectivity index (χ1v) is 5.32. The molecule has 5 heteroatoms. The zero-order valence-corrected chi connectivity index (χ0v) is 10.1. The summed E-state index contributed by atoms with van der Waals surface area (Å²) in [5.41, 5.74) is 4.54. The van der Waals surface area contributed by atoms with E-state index in [9.17, 15) is 0 Å². The second kappa shape index (κ2) is 4.00. The first-order chi connectivity index (χ1) is 7.58. The lowest BCUT2D eigenvalue weighted by atomic mass is 10.2. The van der Waals surface area contributed by atoms with Crippen LogP contribution in [0.25, 0.3) is 0 Å². The SMILES string of the molecule is Cc1cnc(NCc2c(C)nn(C)c2C)[nH]1. The van der Waals surface area contributed by atoms with Crippen LogP contribution in [0.1, 0.15) is 22.6 Å². The third kappa shape index (κ3) is 1.93. The third-order valence-corrected chi connectivity index (χ3v) is 2.79. The Morgan fingerprint density at radius 1 is 1.38 bits per heavy atom. The predicted octanol–water partition coefficient (Wildman–Crippen LogP) is 1.68. The highest BCUT2D eigenvalue weighted by atomic mass is 15.3. The molecule has 0 aromatic carbocycles. The van der Waals surface area contributed by atoms with Crippen LogP contribution < -0.4 is 5.32 Å². The van der Waals surface area contributed by atoms with Gasteiger partial charge in [-0.2, -0.15) is 5.10 Å². The molecule has 0 radical (unpaired) electrons. The van der Waals surface area contributed by atoms with E-state index in [1.807, 2.05) is 31.8 Å². The molecule has 16 heavy (non-hydrogen) atoms. The summed E-state index contributed by atoms with van der Waals surface area (Å²) >= 11 is 0. The van der Waals surface area contributed by atoms with Gasteiger partial charge >= 0.3 is 0 Å². The Hall–Kier alpha value is -1.78. The first kappa shape index (κ1) is 10.7. The van der Waals surface area contributed by atoms with Crippen LogP contribution in [-0.4, -0.2) is 19.7 Å². The van der Waals surface area contributed by atoms with Crippen molar-refractivity contribution in [3.63, 3.8) is 0 Å². The van der Waals surface area contributed by atoms with Gasteiger partial charge in [-0.3, -0.25) is 4.68 Å². The van der Waals surface area contributed by atoms with Crippen molar-refractivity contribution in [1.29, 1.82) is 0 Å². The van der Waals surface area contributed by atoms with Crippen LogP contribution in [0.15, 0.2) is 6.20 Å². The van der Waals surface area contributed by atoms with E-state index in [4.69, 9.17) is 0 Å². The highest BCUT2D eigenvalue weighted by molar-refractivity contribution is 5.32. The molecule has 0 aliphatic heterocycles. The zero-order valence-electron chi connectivity index (χ0n) is 10.1. The molecule has 2 heterocycles. The van der Waals surface area contributed by atoms with E-state index >= 15 is 0 Å². The fourth-order valence-corrected chi connectivity index (χ4v) is 1.75. The largest absolute Gasteiger partial charge is 0.352 e. The monoisotopic (exact) mass is 219 g/mol. The molecule has 0 amide bonds. The van der Waals surface area contributed by atoms with Gasteiger partial charge < -0.3 is 10.3 Å². The van der Waals surface area contributed by atoms with E-state index in [-0.39, 0.29) is 0 Å². The lowest BCUT2D eigenvalue weighted by Gasteiger charge is -2.03. The van der Waals surface area contributed by atoms with E-state index in [1.54, 1.807) is 0 Å². The number of anilines is 1. The number of rotatable bonds is 3. The molecule has 2 aromatic rings. The number of aromatic amines is 1. The quantitative estimate of drug-likeness (QED) is 0.825. The summed E-state index contributed by atoms with van der Waals surface area (Å²) in [7, 11) is 1.96. The van der Waals surface area contributed by atoms with Crippen LogP contribution >= 0.6 is 0 Å². The molecule has 0 fully saturated rings. The average Bonchev–Trinajstić information content (AvgIpc) is 2.72. The molecule has 0 unspecified atom stereocenters. The van der Waals surface area contributed by atoms with E-state index in [1.165, 1.54) is 11.3 Å². The van der Waals surface area contributed by atoms with Gasteiger partial charge in [-0.1, -0.05) is 0 Å². The van der Waals surface area contributed by atoms with Gasteiger partial charge in [-0.25, -0.2) is 4.98 Å². The van der Waals surface area contributed by atoms with E-state index in [0.717, 1.165) is 23.9 Å². The molecule has 2 aromatic heterocycles. The van der Waals surface area contributed by atoms with Crippen molar-refractivity contribution in [3.05, 3.63) is 28.8 Å². The molecule has 0 spiro atoms. The van der Waals surface area contributed by atoms with Crippen molar-refractivity contribution >= 4 is 5.95 Å². The van der Waals surface area contributed by atoms with Crippen LogP contribution in [0.2, 0.25) is 0 Å². The molecule has 0 saturated carbocycles. The summed E-state index contributed by atoms with van der Waals surface area (Å²) < 4.78 is 1.90. The maximum Gasteiger partial charge on any atom is 0.200 e. The highest BCUT2D eigenvalue weighted by Crippen LogP contribution is 2.13. The van der Waals surface area contributed by atoms with Crippen molar-refractivity contribution in [2.24, 2.45) is 7.05 Å². The number of aromatic nitrogens is 4. The predicted molar refractivity (Wildman–Crippen MR) is 63.3 cm³/mol. The topological polar surface area (TPSA) is 58.5 Å². The standard InChI is InChI=1S/C11H17N5/c1-7-5-12-11(14-7)13-6-10-8(2)15-16(4)9(10)3/h5H,6H2,1-4H3,(H2,12,13,14). The molecule has 5 nitrogen and oxygen atoms in total. The lowest BCUT2D eigenvalue weighted by Crippen LogP contribution is -2.03. The molecular weight excluding hydrogens is 202 g/mol. The van der Waals surface area contributed by atoms with Crippen molar-refractivity contribution in [3.8, 4) is 0 Å². The number of nitrogens with one attached hydrogen (secondary N) is 2. The number of aryl methyl sites for hydroxylation is 3. The molecular formula is C11H17N5. The molecule has 0 atom stereocenters. The smallest absolute Gasteiger partial charge is 0.200 e. The van der Waals surface area contributed by atoms with Crippen molar-refractivity contribution in [2.45, 2.75) is 27.3 Å². The summed E-state index contributed by atoms with van der Waals surface area (Å²) in [5, 5.41) is 7.63. The highest BCUT2D eigenvalue weighted by Gasteiger charge is 2.09. The Kier molecular flexibility index (Phi) is 2.68. The van der Waals surface area contributed by atoms with Crippen LogP contribution in [0.3, 0.4) is 0 Å². The maximum atomic E-state index is 4.37. The second-order valence-electron chi connectivity index (χ2n) is 4.04. The number of imidazole rings is 1. The Bertz CT molecular complexity index is 494. The van der Waals surface area contributed by atoms with Crippen molar-refractivity contribution in [1.82, 2.24) is 19.7 Å². The summed E-state index contributed by atoms with van der Waals surface area (Å²) in [6.07, 6.45) is 1.81. The molecule has 2 rings (SSSR count). The van der Waals surface area contributed by atoms with Crippen LogP contribution in [0.4, 0.5) is 5.95 Å². The fraction of sp³-hybridized carbons (Fsp3) is 0.455. The third-order valence-electron chi connectivity index (χ3n) is 2.79. The van der Waals surface area contributed by atoms with Crippen LogP contribution in [-0.2, 0) is 13.6 Å². The molecule has 0 aliphatic rings. The van der Waals surface area contributed by atoms with Gasteiger partial charge in [0.25, 0.3) is 0 Å². The summed E-state index contributed by atoms with van der Waals surface area (Å²) in [4.78, 5) is 7.35. The summed E-state index contributed by atoms with van der Waals surface area (Å²) in [5.74, 6) is 0.806. The Labute approximate surface area is 94.9 Å². The van der Waals surface area contributed by atoms with E-state index in [2.05, 4.69) is 27.3 Å². The van der Waals surface area contributed by atoms with Crippen LogP contribution in [0, 0.1) is 20.8 Å². The van der Waals surface area contributed by atoms with Gasteiger partial charge in [0, 0.05) is 36.7 Å². The summed E-state index contributed by atoms with van der Waals surface area (Å²) in [6.45, 7) is 6.83. The van der Waals surface area contributed by atoms with Gasteiger partial charge in [0.05, 0.1) is 5.69 Å². The van der Waals surface area contributed by atoms with Gasteiger partial charge in [-0.05, 0) is 20.8 Å². The lowest BCUT2D eigenvalue weighted by molar-refractivity contribution is 0.730. The van der Waals surface area contributed by atoms with Crippen molar-refractivity contribution in [2.75, 3.05) is 5.32 Å². The second-order valence-corrected chi connectivity index (χ2v) is 4.04. The maximum absolute atomic E-state index is 4.37. The van der Waals surface area contributed by atoms with Gasteiger partial charge in [0.15, 0.2) is 0 Å². The van der Waals surface area contributed by atoms with Gasteiger partial charge in [0.1, 0.15) is 0 Å². The minimum Gasteiger partial charge on any atom is -0.352 e. The fourth-order valence-electron chi connectivity index (χ4n) is 1.75. The van der Waals surface area contributed by atoms with Gasteiger partial charge in [0.2, 0.25) is 5.95 Å². The van der Waals surface area contributed by atoms with Crippen molar-refractivity contribution < 1.29 is 0 Å². The number of hydrogen-bond acceptors (Lipinski definition) is 3. The number of H-pyrrole nitrogens is 1. The number of hydrogen-bond donors (Lipinski definition) is 2. The first-order valence-electron chi connectivity index (χ1n) is 5.32. The van der Waals surface area contributed by atoms with E-state index in [0.29, 0.717) is 0 Å². The molecule has 0 saturated heterocycles. The molecule has 2 N–H and O–H groups in total. The minimum absolute atomic E-state index is 0.748. The Balaban J connectivity index is 2.10. The zero-order chi connectivity index (χ0) is 11.7. The summed E-state index contributed by atoms with van der Waals surface area (Å²) in [6, 6.07) is 0. The average molecular weight is 219 g/mol. The molecule has 0 bridgehead atoms. The van der Waals surface area contributed by atoms with Gasteiger partial charge in [-0.15, -0.1) is 0 Å². The Morgan fingerprint density at radius 3 is 2.62 bits per heavy atom. The van der Waals surface area contributed by atoms with Crippen LogP contribution in [0.5, 0.6) is 0 Å². The van der Waals surface area contributed by atoms with E-state index < -0.39 is 0 Å².